The number of ether oxygens (including phenoxy) is 1. The fourth-order valence-electron chi connectivity index (χ4n) is 2.27. The van der Waals surface area contributed by atoms with Crippen molar-refractivity contribution in [1.29, 1.82) is 0 Å². The molecule has 0 spiro atoms. The van der Waals surface area contributed by atoms with E-state index in [1.807, 2.05) is 4.90 Å². The average Bonchev–Trinajstić information content (AvgIpc) is 2.47. The first-order chi connectivity index (χ1) is 10.7. The Morgan fingerprint density at radius 2 is 1.78 bits per heavy atom. The molecule has 2 rings (SSSR count). The molecule has 1 aliphatic rings. The highest BCUT2D eigenvalue weighted by Gasteiger charge is 2.36. The number of nitrogens with zero attached hydrogens (tertiary/aromatic N) is 2. The van der Waals surface area contributed by atoms with Crippen LogP contribution in [0.1, 0.15) is 0 Å². The number of hydrogen-bond donors (Lipinski definition) is 0. The van der Waals surface area contributed by atoms with Gasteiger partial charge in [0.2, 0.25) is 10.0 Å². The molecule has 0 amide bonds. The summed E-state index contributed by atoms with van der Waals surface area (Å²) < 4.78 is 67.4. The zero-order valence-corrected chi connectivity index (χ0v) is 12.9. The molecule has 0 atom stereocenters. The third kappa shape index (κ3) is 4.37. The molecule has 1 fully saturated rings. The Labute approximate surface area is 132 Å². The van der Waals surface area contributed by atoms with Crippen LogP contribution in [-0.2, 0) is 10.0 Å². The van der Waals surface area contributed by atoms with Crippen LogP contribution in [0.2, 0.25) is 0 Å². The predicted molar refractivity (Wildman–Crippen MR) is 77.2 cm³/mol. The molecule has 0 bridgehead atoms. The number of hydrogen-bond acceptors (Lipinski definition) is 4. The monoisotopic (exact) mass is 348 g/mol. The molecule has 1 aromatic rings. The molecule has 1 aromatic carbocycles. The number of terminal acetylenes is 1. The summed E-state index contributed by atoms with van der Waals surface area (Å²) in [5.41, 5.74) is 0. The van der Waals surface area contributed by atoms with Crippen molar-refractivity contribution in [1.82, 2.24) is 9.21 Å². The van der Waals surface area contributed by atoms with Gasteiger partial charge in [0.1, 0.15) is 10.6 Å². The van der Waals surface area contributed by atoms with Crippen LogP contribution >= 0.6 is 0 Å². The molecule has 0 unspecified atom stereocenters. The van der Waals surface area contributed by atoms with Gasteiger partial charge in [-0.25, -0.2) is 8.42 Å². The maximum atomic E-state index is 12.6. The third-order valence-electron chi connectivity index (χ3n) is 3.34. The van der Waals surface area contributed by atoms with Gasteiger partial charge >= 0.3 is 6.36 Å². The van der Waals surface area contributed by atoms with Crippen LogP contribution in [-0.4, -0.2) is 56.7 Å². The minimum atomic E-state index is -4.96. The van der Waals surface area contributed by atoms with Gasteiger partial charge in [0.15, 0.2) is 0 Å². The number of halogens is 3. The summed E-state index contributed by atoms with van der Waals surface area (Å²) in [6.07, 6.45) is 0.242. The lowest BCUT2D eigenvalue weighted by molar-refractivity contribution is -0.275. The van der Waals surface area contributed by atoms with E-state index in [1.165, 1.54) is 12.1 Å². The number of para-hydroxylation sites is 1. The molecular formula is C14H15F3N2O3S. The first kappa shape index (κ1) is 17.6. The fourth-order valence-corrected chi connectivity index (χ4v) is 3.81. The summed E-state index contributed by atoms with van der Waals surface area (Å²) >= 11 is 0. The Morgan fingerprint density at radius 1 is 1.17 bits per heavy atom. The minimum Gasteiger partial charge on any atom is -0.404 e. The second kappa shape index (κ2) is 6.78. The molecule has 0 aliphatic carbocycles. The molecule has 9 heteroatoms. The lowest BCUT2D eigenvalue weighted by atomic mass is 10.3. The molecule has 0 aromatic heterocycles. The van der Waals surface area contributed by atoms with E-state index in [-0.39, 0.29) is 13.1 Å². The van der Waals surface area contributed by atoms with E-state index in [0.29, 0.717) is 19.6 Å². The lowest BCUT2D eigenvalue weighted by Crippen LogP contribution is -2.48. The van der Waals surface area contributed by atoms with Gasteiger partial charge in [-0.15, -0.1) is 19.6 Å². The van der Waals surface area contributed by atoms with Crippen molar-refractivity contribution in [2.24, 2.45) is 0 Å². The molecule has 0 N–H and O–H groups in total. The summed E-state index contributed by atoms with van der Waals surface area (Å²) in [7, 11) is -4.07. The molecule has 23 heavy (non-hydrogen) atoms. The summed E-state index contributed by atoms with van der Waals surface area (Å²) in [4.78, 5) is 1.40. The van der Waals surface area contributed by atoms with Crippen LogP contribution in [0.5, 0.6) is 5.75 Å². The van der Waals surface area contributed by atoms with Crippen LogP contribution in [0.3, 0.4) is 0 Å². The first-order valence-corrected chi connectivity index (χ1v) is 8.19. The van der Waals surface area contributed by atoms with E-state index >= 15 is 0 Å². The van der Waals surface area contributed by atoms with Gasteiger partial charge in [-0.05, 0) is 12.1 Å². The molecule has 1 saturated heterocycles. The van der Waals surface area contributed by atoms with Crippen molar-refractivity contribution in [2.75, 3.05) is 32.7 Å². The van der Waals surface area contributed by atoms with Gasteiger partial charge in [0.05, 0.1) is 6.54 Å². The molecule has 1 heterocycles. The summed E-state index contributed by atoms with van der Waals surface area (Å²) in [5, 5.41) is 0. The molecule has 126 valence electrons. The number of alkyl halides is 3. The van der Waals surface area contributed by atoms with E-state index in [9.17, 15) is 21.6 Å². The summed E-state index contributed by atoms with van der Waals surface area (Å²) in [6.45, 7) is 1.56. The number of sulfonamides is 1. The normalized spacial score (nSPS) is 17.7. The van der Waals surface area contributed by atoms with Crippen molar-refractivity contribution in [3.63, 3.8) is 0 Å². The second-order valence-electron chi connectivity index (χ2n) is 4.88. The third-order valence-corrected chi connectivity index (χ3v) is 5.28. The Balaban J connectivity index is 2.23. The van der Waals surface area contributed by atoms with Gasteiger partial charge in [-0.1, -0.05) is 18.1 Å². The maximum absolute atomic E-state index is 12.6. The Bertz CT molecular complexity index is 690. The van der Waals surface area contributed by atoms with Gasteiger partial charge < -0.3 is 4.74 Å². The first-order valence-electron chi connectivity index (χ1n) is 6.75. The molecule has 1 aliphatic heterocycles. The Kier molecular flexibility index (Phi) is 5.19. The van der Waals surface area contributed by atoms with E-state index in [1.54, 1.807) is 0 Å². The standard InChI is InChI=1S/C14H15F3N2O3S/c1-2-7-18-8-10-19(11-9-18)23(20,21)13-6-4-3-5-12(13)22-14(15,16)17/h1,3-6H,7-11H2. The largest absolute Gasteiger partial charge is 0.573 e. The zero-order valence-electron chi connectivity index (χ0n) is 12.1. The highest BCUT2D eigenvalue weighted by Crippen LogP contribution is 2.31. The smallest absolute Gasteiger partial charge is 0.404 e. The Morgan fingerprint density at radius 3 is 2.35 bits per heavy atom. The number of piperazine rings is 1. The lowest BCUT2D eigenvalue weighted by Gasteiger charge is -2.33. The van der Waals surface area contributed by atoms with Gasteiger partial charge in [0, 0.05) is 26.2 Å². The molecular weight excluding hydrogens is 333 g/mol. The SMILES string of the molecule is C#CCN1CCN(S(=O)(=O)c2ccccc2OC(F)(F)F)CC1. The maximum Gasteiger partial charge on any atom is 0.573 e. The van der Waals surface area contributed by atoms with Gasteiger partial charge in [-0.3, -0.25) is 4.90 Å². The topological polar surface area (TPSA) is 49.9 Å². The van der Waals surface area contributed by atoms with Crippen LogP contribution in [0, 0.1) is 12.3 Å². The van der Waals surface area contributed by atoms with E-state index in [0.717, 1.165) is 16.4 Å². The van der Waals surface area contributed by atoms with Crippen LogP contribution in [0.4, 0.5) is 13.2 Å². The fraction of sp³-hybridized carbons (Fsp3) is 0.429. The van der Waals surface area contributed by atoms with E-state index in [2.05, 4.69) is 10.7 Å². The number of rotatable bonds is 4. The Hall–Kier alpha value is -1.76. The van der Waals surface area contributed by atoms with Gasteiger partial charge in [0.25, 0.3) is 0 Å². The highest BCUT2D eigenvalue weighted by atomic mass is 32.2. The van der Waals surface area contributed by atoms with Crippen molar-refractivity contribution in [2.45, 2.75) is 11.3 Å². The average molecular weight is 348 g/mol. The predicted octanol–water partition coefficient (Wildman–Crippen LogP) is 1.52. The minimum absolute atomic E-state index is 0.157. The highest BCUT2D eigenvalue weighted by molar-refractivity contribution is 7.89. The van der Waals surface area contributed by atoms with E-state index < -0.39 is 27.0 Å². The number of benzene rings is 1. The van der Waals surface area contributed by atoms with Crippen LogP contribution in [0.15, 0.2) is 29.2 Å². The van der Waals surface area contributed by atoms with Crippen LogP contribution in [0.25, 0.3) is 0 Å². The molecule has 0 radical (unpaired) electrons. The molecule has 0 saturated carbocycles. The second-order valence-corrected chi connectivity index (χ2v) is 6.79. The molecule has 5 nitrogen and oxygen atoms in total. The summed E-state index contributed by atoms with van der Waals surface area (Å²) in [6, 6.07) is 4.72. The van der Waals surface area contributed by atoms with Crippen LogP contribution < -0.4 is 4.74 Å². The van der Waals surface area contributed by atoms with Crippen molar-refractivity contribution < 1.29 is 26.3 Å². The van der Waals surface area contributed by atoms with E-state index in [4.69, 9.17) is 6.42 Å². The quantitative estimate of drug-likeness (QED) is 0.775. The van der Waals surface area contributed by atoms with Crippen molar-refractivity contribution in [3.8, 4) is 18.1 Å². The van der Waals surface area contributed by atoms with Crippen molar-refractivity contribution >= 4 is 10.0 Å². The summed E-state index contributed by atoms with van der Waals surface area (Å²) in [5.74, 6) is 1.74. The zero-order chi connectivity index (χ0) is 17.1. The van der Waals surface area contributed by atoms with Crippen molar-refractivity contribution in [3.05, 3.63) is 24.3 Å². The van der Waals surface area contributed by atoms with Gasteiger partial charge in [-0.2, -0.15) is 4.31 Å².